The number of nitrogens with zero attached hydrogens (tertiary/aromatic N) is 4. The average molecular weight is 353 g/mol. The van der Waals surface area contributed by atoms with Crippen LogP contribution in [0.15, 0.2) is 24.5 Å². The topological polar surface area (TPSA) is 85.0 Å². The van der Waals surface area contributed by atoms with E-state index in [9.17, 15) is 4.79 Å². The number of carbonyl (C=O) groups is 1. The van der Waals surface area contributed by atoms with Crippen LogP contribution in [0.25, 0.3) is 21.6 Å². The van der Waals surface area contributed by atoms with Crippen LogP contribution < -0.4 is 10.6 Å². The molecule has 0 saturated heterocycles. The molecule has 3 heterocycles. The molecule has 4 rings (SSSR count). The van der Waals surface area contributed by atoms with Crippen LogP contribution in [0, 0.1) is 0 Å². The maximum absolute atomic E-state index is 11.4. The molecule has 3 aromatic heterocycles. The lowest BCUT2D eigenvalue weighted by molar-refractivity contribution is -0.116. The summed E-state index contributed by atoms with van der Waals surface area (Å²) in [5.41, 5.74) is 7.61. The molecule has 6 nitrogen and oxygen atoms in total. The summed E-state index contributed by atoms with van der Waals surface area (Å²) in [7, 11) is 1.85. The Balaban J connectivity index is 1.94. The number of anilines is 1. The molecule has 7 heteroatoms. The molecule has 0 aromatic carbocycles. The first-order chi connectivity index (χ1) is 12.1. The first-order valence-electron chi connectivity index (χ1n) is 8.35. The lowest BCUT2D eigenvalue weighted by Gasteiger charge is -2.19. The first kappa shape index (κ1) is 16.0. The first-order valence-corrected chi connectivity index (χ1v) is 9.17. The third-order valence-corrected chi connectivity index (χ3v) is 5.66. The van der Waals surface area contributed by atoms with Gasteiger partial charge < -0.3 is 10.6 Å². The smallest absolute Gasteiger partial charge is 0.236 e. The lowest BCUT2D eigenvalue weighted by atomic mass is 9.97. The fourth-order valence-electron chi connectivity index (χ4n) is 3.35. The van der Waals surface area contributed by atoms with E-state index in [-0.39, 0.29) is 12.5 Å². The number of nitrogens with two attached hydrogens (primary N) is 1. The third-order valence-electron chi connectivity index (χ3n) is 4.47. The van der Waals surface area contributed by atoms with E-state index in [0.717, 1.165) is 34.4 Å². The minimum absolute atomic E-state index is 0.128. The van der Waals surface area contributed by atoms with Gasteiger partial charge in [-0.2, -0.15) is 0 Å². The summed E-state index contributed by atoms with van der Waals surface area (Å²) in [5.74, 6) is 1.04. The number of amides is 1. The number of thiophene rings is 1. The highest BCUT2D eigenvalue weighted by Gasteiger charge is 2.23. The fourth-order valence-corrected chi connectivity index (χ4v) is 4.60. The fraction of sp³-hybridized carbons (Fsp3) is 0.333. The van der Waals surface area contributed by atoms with Crippen LogP contribution in [-0.2, 0) is 17.6 Å². The molecule has 25 heavy (non-hydrogen) atoms. The summed E-state index contributed by atoms with van der Waals surface area (Å²) in [6, 6.07) is 3.81. The van der Waals surface area contributed by atoms with Crippen molar-refractivity contribution in [3.05, 3.63) is 35.0 Å². The van der Waals surface area contributed by atoms with E-state index in [1.165, 1.54) is 23.3 Å². The van der Waals surface area contributed by atoms with Gasteiger partial charge in [0.1, 0.15) is 10.6 Å². The van der Waals surface area contributed by atoms with Gasteiger partial charge >= 0.3 is 0 Å². The molecule has 0 fully saturated rings. The van der Waals surface area contributed by atoms with Crippen LogP contribution in [0.4, 0.5) is 5.82 Å². The molecule has 0 aliphatic heterocycles. The van der Waals surface area contributed by atoms with Gasteiger partial charge in [-0.05, 0) is 43.4 Å². The van der Waals surface area contributed by atoms with Gasteiger partial charge in [-0.3, -0.25) is 9.78 Å². The van der Waals surface area contributed by atoms with Crippen molar-refractivity contribution in [2.45, 2.75) is 25.7 Å². The number of hydrogen-bond donors (Lipinski definition) is 1. The highest BCUT2D eigenvalue weighted by Crippen LogP contribution is 2.40. The summed E-state index contributed by atoms with van der Waals surface area (Å²) in [5, 5.41) is 1.08. The Labute approximate surface area is 149 Å². The van der Waals surface area contributed by atoms with Gasteiger partial charge in [0, 0.05) is 29.9 Å². The second-order valence-electron chi connectivity index (χ2n) is 6.33. The number of primary amides is 1. The van der Waals surface area contributed by atoms with Gasteiger partial charge in [0.25, 0.3) is 0 Å². The van der Waals surface area contributed by atoms with Gasteiger partial charge in [0.15, 0.2) is 5.82 Å². The number of fused-ring (bicyclic) bond motifs is 3. The van der Waals surface area contributed by atoms with Crippen molar-refractivity contribution in [3.8, 4) is 11.4 Å². The maximum Gasteiger partial charge on any atom is 0.236 e. The number of carbonyl (C=O) groups excluding carboxylic acids is 1. The van der Waals surface area contributed by atoms with Gasteiger partial charge in [-0.25, -0.2) is 9.97 Å². The molecule has 1 aliphatic carbocycles. The normalized spacial score (nSPS) is 13.6. The Kier molecular flexibility index (Phi) is 4.09. The van der Waals surface area contributed by atoms with Crippen molar-refractivity contribution in [1.29, 1.82) is 0 Å². The van der Waals surface area contributed by atoms with Crippen LogP contribution in [0.3, 0.4) is 0 Å². The number of pyridine rings is 1. The highest BCUT2D eigenvalue weighted by atomic mass is 32.1. The van der Waals surface area contributed by atoms with Crippen molar-refractivity contribution in [2.75, 3.05) is 18.5 Å². The van der Waals surface area contributed by atoms with Crippen molar-refractivity contribution in [1.82, 2.24) is 15.0 Å². The van der Waals surface area contributed by atoms with E-state index in [0.29, 0.717) is 5.82 Å². The quantitative estimate of drug-likeness (QED) is 0.779. The number of hydrogen-bond acceptors (Lipinski definition) is 6. The predicted octanol–water partition coefficient (Wildman–Crippen LogP) is 2.55. The Morgan fingerprint density at radius 3 is 2.92 bits per heavy atom. The molecule has 3 aromatic rings. The molecule has 0 saturated carbocycles. The Hall–Kier alpha value is -2.54. The van der Waals surface area contributed by atoms with Crippen LogP contribution in [0.1, 0.15) is 23.3 Å². The van der Waals surface area contributed by atoms with Crippen LogP contribution >= 0.6 is 11.3 Å². The van der Waals surface area contributed by atoms with Crippen LogP contribution in [-0.4, -0.2) is 34.5 Å². The Bertz CT molecular complexity index is 938. The van der Waals surface area contributed by atoms with Crippen molar-refractivity contribution in [3.63, 3.8) is 0 Å². The zero-order chi connectivity index (χ0) is 17.4. The third kappa shape index (κ3) is 2.95. The largest absolute Gasteiger partial charge is 0.368 e. The highest BCUT2D eigenvalue weighted by molar-refractivity contribution is 7.19. The van der Waals surface area contributed by atoms with Gasteiger partial charge in [0.2, 0.25) is 5.91 Å². The molecule has 0 bridgehead atoms. The van der Waals surface area contributed by atoms with E-state index >= 15 is 0 Å². The van der Waals surface area contributed by atoms with Gasteiger partial charge in [-0.15, -0.1) is 11.3 Å². The molecule has 1 amide bonds. The van der Waals surface area contributed by atoms with E-state index in [2.05, 4.69) is 4.98 Å². The minimum Gasteiger partial charge on any atom is -0.368 e. The van der Waals surface area contributed by atoms with E-state index in [1.54, 1.807) is 23.7 Å². The molecule has 128 valence electrons. The van der Waals surface area contributed by atoms with Crippen LogP contribution in [0.5, 0.6) is 0 Å². The molecule has 0 radical (unpaired) electrons. The average Bonchev–Trinajstić information content (AvgIpc) is 2.99. The van der Waals surface area contributed by atoms with Crippen molar-refractivity contribution >= 4 is 33.3 Å². The monoisotopic (exact) mass is 353 g/mol. The second-order valence-corrected chi connectivity index (χ2v) is 7.41. The zero-order valence-electron chi connectivity index (χ0n) is 14.0. The maximum atomic E-state index is 11.4. The van der Waals surface area contributed by atoms with Gasteiger partial charge in [-0.1, -0.05) is 0 Å². The van der Waals surface area contributed by atoms with Crippen LogP contribution in [0.2, 0.25) is 0 Å². The summed E-state index contributed by atoms with van der Waals surface area (Å²) < 4.78 is 0. The number of rotatable bonds is 4. The SMILES string of the molecule is CN(CC(N)=O)c1nc(-c2cccnc2)nc2sc3c(c12)CCCC3. The van der Waals surface area contributed by atoms with Crippen molar-refractivity contribution in [2.24, 2.45) is 5.73 Å². The number of aryl methyl sites for hydroxylation is 2. The molecule has 2 N–H and O–H groups in total. The Morgan fingerprint density at radius 1 is 1.32 bits per heavy atom. The summed E-state index contributed by atoms with van der Waals surface area (Å²) in [4.78, 5) is 29.4. The number of aromatic nitrogens is 3. The van der Waals surface area contributed by atoms with E-state index in [1.807, 2.05) is 24.1 Å². The minimum atomic E-state index is -0.374. The molecular formula is C18H19N5OS. The second kappa shape index (κ2) is 6.40. The lowest BCUT2D eigenvalue weighted by Crippen LogP contribution is -2.31. The van der Waals surface area contributed by atoms with E-state index in [4.69, 9.17) is 15.7 Å². The standard InChI is InChI=1S/C18H19N5OS/c1-23(10-14(19)24)17-15-12-6-2-3-7-13(12)25-18(15)22-16(21-17)11-5-4-8-20-9-11/h4-5,8-9H,2-3,6-7,10H2,1H3,(H2,19,24). The molecule has 1 aliphatic rings. The van der Waals surface area contributed by atoms with Crippen molar-refractivity contribution < 1.29 is 4.79 Å². The summed E-state index contributed by atoms with van der Waals surface area (Å²) in [6.45, 7) is 0.128. The zero-order valence-corrected chi connectivity index (χ0v) is 14.8. The molecule has 0 spiro atoms. The van der Waals surface area contributed by atoms with Gasteiger partial charge in [0.05, 0.1) is 11.9 Å². The van der Waals surface area contributed by atoms with E-state index < -0.39 is 0 Å². The molecular weight excluding hydrogens is 334 g/mol. The summed E-state index contributed by atoms with van der Waals surface area (Å²) in [6.07, 6.45) is 8.02. The predicted molar refractivity (Wildman–Crippen MR) is 99.8 cm³/mol. The summed E-state index contributed by atoms with van der Waals surface area (Å²) >= 11 is 1.74. The Morgan fingerprint density at radius 2 is 2.16 bits per heavy atom. The number of likely N-dealkylation sites (N-methyl/N-ethyl adjacent to an activating group) is 1. The molecule has 0 unspecified atom stereocenters. The molecule has 0 atom stereocenters.